The van der Waals surface area contributed by atoms with Crippen molar-refractivity contribution in [1.82, 2.24) is 4.98 Å². The first-order chi connectivity index (χ1) is 9.70. The zero-order valence-electron chi connectivity index (χ0n) is 10.7. The van der Waals surface area contributed by atoms with Gasteiger partial charge in [0.15, 0.2) is 10.9 Å². The van der Waals surface area contributed by atoms with Crippen LogP contribution in [-0.4, -0.2) is 22.7 Å². The third kappa shape index (κ3) is 3.79. The van der Waals surface area contributed by atoms with Crippen molar-refractivity contribution >= 4 is 39.2 Å². The Balaban J connectivity index is 2.02. The molecule has 2 rings (SSSR count). The molecule has 0 bridgehead atoms. The number of nitrogens with one attached hydrogen (secondary N) is 1. The van der Waals surface area contributed by atoms with Crippen LogP contribution >= 0.6 is 22.9 Å². The maximum atomic E-state index is 11.4. The van der Waals surface area contributed by atoms with Crippen molar-refractivity contribution in [2.75, 3.05) is 12.0 Å². The van der Waals surface area contributed by atoms with Crippen LogP contribution in [0.3, 0.4) is 0 Å². The van der Waals surface area contributed by atoms with E-state index < -0.39 is 5.97 Å². The molecule has 0 amide bonds. The average molecular weight is 310 g/mol. The summed E-state index contributed by atoms with van der Waals surface area (Å²) in [5.74, 6) is -0.449. The maximum absolute atomic E-state index is 11.4. The van der Waals surface area contributed by atoms with Crippen LogP contribution in [0.5, 0.6) is 0 Å². The van der Waals surface area contributed by atoms with E-state index in [-0.39, 0.29) is 5.69 Å². The highest BCUT2D eigenvalue weighted by Gasteiger charge is 2.11. The maximum Gasteiger partial charge on any atom is 0.357 e. The Morgan fingerprint density at radius 3 is 2.90 bits per heavy atom. The van der Waals surface area contributed by atoms with Crippen LogP contribution in [-0.2, 0) is 4.74 Å². The number of rotatable bonds is 5. The minimum atomic E-state index is -0.449. The number of benzene rings is 1. The summed E-state index contributed by atoms with van der Waals surface area (Å²) in [6.45, 7) is 2.06. The molecule has 104 valence electrons. The number of thiazole rings is 1. The lowest BCUT2D eigenvalue weighted by molar-refractivity contribution is 0.0520. The molecule has 7 heteroatoms. The van der Waals surface area contributed by atoms with Gasteiger partial charge in [0.05, 0.1) is 6.61 Å². The monoisotopic (exact) mass is 309 g/mol. The summed E-state index contributed by atoms with van der Waals surface area (Å²) in [6.07, 6.45) is 0. The van der Waals surface area contributed by atoms with Gasteiger partial charge < -0.3 is 4.74 Å². The zero-order chi connectivity index (χ0) is 14.4. The number of esters is 1. The summed E-state index contributed by atoms with van der Waals surface area (Å²) in [5.41, 5.74) is 3.77. The lowest BCUT2D eigenvalue weighted by atomic mass is 10.2. The molecule has 0 unspecified atom stereocenters. The van der Waals surface area contributed by atoms with Crippen molar-refractivity contribution in [2.24, 2.45) is 5.10 Å². The van der Waals surface area contributed by atoms with Gasteiger partial charge in [-0.1, -0.05) is 41.9 Å². The fraction of sp³-hybridized carbons (Fsp3) is 0.154. The number of hydrogen-bond acceptors (Lipinski definition) is 6. The number of nitrogens with zero attached hydrogens (tertiary/aromatic N) is 2. The van der Waals surface area contributed by atoms with Crippen molar-refractivity contribution in [3.63, 3.8) is 0 Å². The molecule has 0 atom stereocenters. The minimum absolute atomic E-state index is 0.255. The molecule has 5 nitrogen and oxygen atoms in total. The van der Waals surface area contributed by atoms with Crippen molar-refractivity contribution in [3.8, 4) is 0 Å². The normalized spacial score (nSPS) is 11.2. The molecule has 0 radical (unpaired) electrons. The first kappa shape index (κ1) is 14.5. The first-order valence-electron chi connectivity index (χ1n) is 5.88. The van der Waals surface area contributed by atoms with E-state index in [1.54, 1.807) is 12.3 Å². The van der Waals surface area contributed by atoms with E-state index in [0.717, 1.165) is 5.56 Å². The molecule has 0 saturated carbocycles. The van der Waals surface area contributed by atoms with E-state index in [0.29, 0.717) is 16.9 Å². The average Bonchev–Trinajstić information content (AvgIpc) is 2.95. The molecule has 1 heterocycles. The second-order valence-electron chi connectivity index (χ2n) is 3.64. The molecule has 2 aromatic rings. The highest BCUT2D eigenvalue weighted by atomic mass is 35.5. The number of ether oxygens (including phenoxy) is 1. The number of hydrogen-bond donors (Lipinski definition) is 1. The van der Waals surface area contributed by atoms with Gasteiger partial charge in [-0.25, -0.2) is 9.78 Å². The van der Waals surface area contributed by atoms with Crippen LogP contribution in [0, 0.1) is 0 Å². The molecular weight excluding hydrogens is 298 g/mol. The summed E-state index contributed by atoms with van der Waals surface area (Å²) >= 11 is 7.30. The molecule has 1 aromatic carbocycles. The van der Waals surface area contributed by atoms with Crippen molar-refractivity contribution < 1.29 is 9.53 Å². The van der Waals surface area contributed by atoms with Gasteiger partial charge in [0, 0.05) is 10.9 Å². The predicted octanol–water partition coefficient (Wildman–Crippen LogP) is 3.33. The van der Waals surface area contributed by atoms with Crippen LogP contribution in [0.25, 0.3) is 0 Å². The predicted molar refractivity (Wildman–Crippen MR) is 80.5 cm³/mol. The number of hydrazone groups is 1. The van der Waals surface area contributed by atoms with Gasteiger partial charge in [-0.3, -0.25) is 5.43 Å². The van der Waals surface area contributed by atoms with E-state index in [1.165, 1.54) is 11.3 Å². The van der Waals surface area contributed by atoms with Crippen LogP contribution in [0.1, 0.15) is 23.0 Å². The number of halogens is 1. The lowest BCUT2D eigenvalue weighted by Gasteiger charge is -1.99. The van der Waals surface area contributed by atoms with Crippen molar-refractivity contribution in [3.05, 3.63) is 47.0 Å². The molecule has 0 spiro atoms. The largest absolute Gasteiger partial charge is 0.461 e. The quantitative estimate of drug-likeness (QED) is 0.523. The van der Waals surface area contributed by atoms with Crippen LogP contribution < -0.4 is 5.43 Å². The molecule has 1 N–H and O–H groups in total. The van der Waals surface area contributed by atoms with Crippen molar-refractivity contribution in [1.29, 1.82) is 0 Å². The third-order valence-corrected chi connectivity index (χ3v) is 3.30. The number of anilines is 1. The first-order valence-corrected chi connectivity index (χ1v) is 7.13. The standard InChI is InChI=1S/C13H12ClN3O2S/c1-2-19-12(18)10-8-20-13(15-10)17-16-11(14)9-6-4-3-5-7-9/h3-8H,2H2,1H3,(H,15,17). The molecule has 0 aliphatic rings. The molecule has 1 aromatic heterocycles. The highest BCUT2D eigenvalue weighted by molar-refractivity contribution is 7.13. The van der Waals surface area contributed by atoms with Crippen molar-refractivity contribution in [2.45, 2.75) is 6.92 Å². The molecule has 0 saturated heterocycles. The number of aromatic nitrogens is 1. The molecule has 0 aliphatic carbocycles. The summed E-state index contributed by atoms with van der Waals surface area (Å²) in [7, 11) is 0. The zero-order valence-corrected chi connectivity index (χ0v) is 12.2. The topological polar surface area (TPSA) is 63.6 Å². The minimum Gasteiger partial charge on any atom is -0.461 e. The Morgan fingerprint density at radius 2 is 2.20 bits per heavy atom. The lowest BCUT2D eigenvalue weighted by Crippen LogP contribution is -2.05. The van der Waals surface area contributed by atoms with E-state index >= 15 is 0 Å². The van der Waals surface area contributed by atoms with Gasteiger partial charge in [-0.15, -0.1) is 11.3 Å². The van der Waals surface area contributed by atoms with E-state index in [9.17, 15) is 4.79 Å². The Bertz CT molecular complexity index is 613. The smallest absolute Gasteiger partial charge is 0.357 e. The molecule has 0 fully saturated rings. The van der Waals surface area contributed by atoms with E-state index in [2.05, 4.69) is 15.5 Å². The summed E-state index contributed by atoms with van der Waals surface area (Å²) in [6, 6.07) is 9.33. The Hall–Kier alpha value is -1.92. The van der Waals surface area contributed by atoms with E-state index in [4.69, 9.17) is 16.3 Å². The van der Waals surface area contributed by atoms with Gasteiger partial charge >= 0.3 is 5.97 Å². The second-order valence-corrected chi connectivity index (χ2v) is 4.85. The molecule has 20 heavy (non-hydrogen) atoms. The SMILES string of the molecule is CCOC(=O)c1csc(NN=C(Cl)c2ccccc2)n1. The van der Waals surface area contributed by atoms with Gasteiger partial charge in [0.25, 0.3) is 0 Å². The van der Waals surface area contributed by atoms with Gasteiger partial charge in [-0.2, -0.15) is 5.10 Å². The summed E-state index contributed by atoms with van der Waals surface area (Å²) in [4.78, 5) is 15.5. The van der Waals surface area contributed by atoms with Crippen LogP contribution in [0.15, 0.2) is 40.8 Å². The fourth-order valence-electron chi connectivity index (χ4n) is 1.36. The molecular formula is C13H12ClN3O2S. The molecule has 0 aliphatic heterocycles. The van der Waals surface area contributed by atoms with Crippen LogP contribution in [0.4, 0.5) is 5.13 Å². The highest BCUT2D eigenvalue weighted by Crippen LogP contribution is 2.16. The van der Waals surface area contributed by atoms with Gasteiger partial charge in [0.1, 0.15) is 0 Å². The fourth-order valence-corrected chi connectivity index (χ4v) is 2.15. The van der Waals surface area contributed by atoms with Gasteiger partial charge in [0.2, 0.25) is 5.13 Å². The summed E-state index contributed by atoms with van der Waals surface area (Å²) in [5, 5.41) is 6.41. The third-order valence-electron chi connectivity index (χ3n) is 2.25. The Labute approximate surface area is 125 Å². The van der Waals surface area contributed by atoms with E-state index in [1.807, 2.05) is 30.3 Å². The number of carbonyl (C=O) groups is 1. The second kappa shape index (κ2) is 7.02. The van der Waals surface area contributed by atoms with Gasteiger partial charge in [-0.05, 0) is 6.92 Å². The Morgan fingerprint density at radius 1 is 1.45 bits per heavy atom. The van der Waals surface area contributed by atoms with Crippen LogP contribution in [0.2, 0.25) is 0 Å². The Kier molecular flexibility index (Phi) is 5.09. The number of carbonyl (C=O) groups excluding carboxylic acids is 1. The summed E-state index contributed by atoms with van der Waals surface area (Å²) < 4.78 is 4.85.